The van der Waals surface area contributed by atoms with Gasteiger partial charge in [-0.3, -0.25) is 9.59 Å². The molecule has 8 heteroatoms. The van der Waals surface area contributed by atoms with E-state index >= 15 is 0 Å². The molecule has 0 aromatic heterocycles. The molecular weight excluding hydrogens is 436 g/mol. The minimum atomic E-state index is -0.803. The van der Waals surface area contributed by atoms with Crippen molar-refractivity contribution in [3.63, 3.8) is 0 Å². The van der Waals surface area contributed by atoms with Crippen molar-refractivity contribution in [2.75, 3.05) is 26.3 Å². The SMILES string of the molecule is O=C(NC[C@@H]1C[C@H](C(=O)NCC2CC2C(=O)O)CO1)OCC1c2ccccc2-c2ccccc21. The monoisotopic (exact) mass is 464 g/mol. The second-order valence-corrected chi connectivity index (χ2v) is 9.28. The summed E-state index contributed by atoms with van der Waals surface area (Å²) in [6.07, 6.45) is 0.349. The number of benzene rings is 2. The van der Waals surface area contributed by atoms with Gasteiger partial charge in [0, 0.05) is 19.0 Å². The first-order valence-electron chi connectivity index (χ1n) is 11.7. The zero-order valence-corrected chi connectivity index (χ0v) is 18.7. The quantitative estimate of drug-likeness (QED) is 0.554. The van der Waals surface area contributed by atoms with E-state index in [1.807, 2.05) is 24.3 Å². The zero-order valence-electron chi connectivity index (χ0n) is 18.7. The summed E-state index contributed by atoms with van der Waals surface area (Å²) in [6, 6.07) is 16.3. The lowest BCUT2D eigenvalue weighted by atomic mass is 9.98. The van der Waals surface area contributed by atoms with E-state index in [2.05, 4.69) is 34.9 Å². The minimum absolute atomic E-state index is 0.00106. The average Bonchev–Trinajstić information content (AvgIpc) is 3.36. The third kappa shape index (κ3) is 4.63. The number of hydrogen-bond acceptors (Lipinski definition) is 5. The summed E-state index contributed by atoms with van der Waals surface area (Å²) < 4.78 is 11.2. The van der Waals surface area contributed by atoms with Crippen LogP contribution in [-0.2, 0) is 19.1 Å². The molecule has 0 bridgehead atoms. The third-order valence-electron chi connectivity index (χ3n) is 7.05. The molecule has 5 rings (SSSR count). The largest absolute Gasteiger partial charge is 0.481 e. The summed E-state index contributed by atoms with van der Waals surface area (Å²) in [5.74, 6) is -1.54. The molecule has 2 aromatic carbocycles. The van der Waals surface area contributed by atoms with Crippen LogP contribution in [0.1, 0.15) is 29.9 Å². The summed E-state index contributed by atoms with van der Waals surface area (Å²) in [5.41, 5.74) is 4.67. The van der Waals surface area contributed by atoms with Gasteiger partial charge in [-0.25, -0.2) is 4.79 Å². The van der Waals surface area contributed by atoms with E-state index in [1.165, 1.54) is 11.1 Å². The molecule has 34 heavy (non-hydrogen) atoms. The van der Waals surface area contributed by atoms with Crippen molar-refractivity contribution < 1.29 is 29.0 Å². The van der Waals surface area contributed by atoms with Gasteiger partial charge in [0.2, 0.25) is 5.91 Å². The van der Waals surface area contributed by atoms with E-state index in [-0.39, 0.29) is 55.4 Å². The highest BCUT2D eigenvalue weighted by Crippen LogP contribution is 2.44. The van der Waals surface area contributed by atoms with Gasteiger partial charge in [0.15, 0.2) is 0 Å². The van der Waals surface area contributed by atoms with Crippen molar-refractivity contribution in [2.45, 2.75) is 24.9 Å². The van der Waals surface area contributed by atoms with Crippen LogP contribution in [0.4, 0.5) is 4.79 Å². The Hall–Kier alpha value is -3.39. The van der Waals surface area contributed by atoms with Crippen molar-refractivity contribution in [1.82, 2.24) is 10.6 Å². The molecule has 8 nitrogen and oxygen atoms in total. The molecule has 0 spiro atoms. The molecule has 2 unspecified atom stereocenters. The summed E-state index contributed by atoms with van der Waals surface area (Å²) >= 11 is 0. The molecule has 1 aliphatic heterocycles. The molecule has 3 N–H and O–H groups in total. The summed E-state index contributed by atoms with van der Waals surface area (Å²) in [6.45, 7) is 1.18. The molecule has 2 aromatic rings. The highest BCUT2D eigenvalue weighted by molar-refractivity contribution is 5.80. The lowest BCUT2D eigenvalue weighted by Crippen LogP contribution is -2.34. The first kappa shape index (κ1) is 22.4. The number of hydrogen-bond donors (Lipinski definition) is 3. The molecule has 2 amide bonds. The van der Waals surface area contributed by atoms with Crippen LogP contribution in [0.3, 0.4) is 0 Å². The van der Waals surface area contributed by atoms with Crippen molar-refractivity contribution in [1.29, 1.82) is 0 Å². The second kappa shape index (κ2) is 9.46. The number of amides is 2. The van der Waals surface area contributed by atoms with Gasteiger partial charge in [-0.05, 0) is 41.0 Å². The highest BCUT2D eigenvalue weighted by Gasteiger charge is 2.43. The Morgan fingerprint density at radius 2 is 1.62 bits per heavy atom. The molecule has 1 heterocycles. The third-order valence-corrected chi connectivity index (χ3v) is 7.05. The standard InChI is InChI=1S/C26H28N2O6/c29-24(27-11-15-10-22(15)25(30)31)16-9-17(33-13-16)12-28-26(32)34-14-23-20-7-3-1-5-18(20)19-6-2-4-8-21(19)23/h1-8,15-17,22-23H,9-14H2,(H,27,29)(H,28,32)(H,30,31)/t15?,16-,17-,22?/m0/s1. The number of ether oxygens (including phenoxy) is 2. The number of aliphatic carboxylic acids is 1. The Morgan fingerprint density at radius 1 is 0.941 bits per heavy atom. The van der Waals surface area contributed by atoms with Gasteiger partial charge in [0.1, 0.15) is 6.61 Å². The molecule has 2 fully saturated rings. The highest BCUT2D eigenvalue weighted by atomic mass is 16.5. The maximum atomic E-state index is 12.3. The van der Waals surface area contributed by atoms with Crippen LogP contribution >= 0.6 is 0 Å². The van der Waals surface area contributed by atoms with Crippen LogP contribution < -0.4 is 10.6 Å². The van der Waals surface area contributed by atoms with E-state index in [1.54, 1.807) is 0 Å². The number of carboxylic acid groups (broad SMARTS) is 1. The summed E-state index contributed by atoms with van der Waals surface area (Å²) in [7, 11) is 0. The van der Waals surface area contributed by atoms with Crippen molar-refractivity contribution in [3.05, 3.63) is 59.7 Å². The van der Waals surface area contributed by atoms with Crippen LogP contribution in [0.2, 0.25) is 0 Å². The number of fused-ring (bicyclic) bond motifs is 3. The second-order valence-electron chi connectivity index (χ2n) is 9.28. The number of carbonyl (C=O) groups excluding carboxylic acids is 2. The van der Waals surface area contributed by atoms with Gasteiger partial charge in [-0.2, -0.15) is 0 Å². The Morgan fingerprint density at radius 3 is 2.26 bits per heavy atom. The number of rotatable bonds is 8. The topological polar surface area (TPSA) is 114 Å². The predicted octanol–water partition coefficient (Wildman–Crippen LogP) is 2.77. The maximum Gasteiger partial charge on any atom is 0.407 e. The van der Waals surface area contributed by atoms with Gasteiger partial charge in [-0.1, -0.05) is 48.5 Å². The predicted molar refractivity (Wildman–Crippen MR) is 123 cm³/mol. The summed E-state index contributed by atoms with van der Waals surface area (Å²) in [4.78, 5) is 35.6. The normalized spacial score (nSPS) is 24.7. The van der Waals surface area contributed by atoms with E-state index < -0.39 is 12.1 Å². The fourth-order valence-electron chi connectivity index (χ4n) is 5.03. The molecule has 0 radical (unpaired) electrons. The van der Waals surface area contributed by atoms with Gasteiger partial charge in [0.05, 0.1) is 24.5 Å². The fourth-order valence-corrected chi connectivity index (χ4v) is 5.03. The maximum absolute atomic E-state index is 12.3. The molecule has 2 aliphatic carbocycles. The first-order chi connectivity index (χ1) is 16.5. The van der Waals surface area contributed by atoms with Crippen molar-refractivity contribution >= 4 is 18.0 Å². The smallest absolute Gasteiger partial charge is 0.407 e. The number of alkyl carbamates (subject to hydrolysis) is 1. The van der Waals surface area contributed by atoms with Gasteiger partial charge >= 0.3 is 12.1 Å². The lowest BCUT2D eigenvalue weighted by Gasteiger charge is -2.15. The van der Waals surface area contributed by atoms with Crippen LogP contribution in [0.5, 0.6) is 0 Å². The van der Waals surface area contributed by atoms with E-state index in [0.717, 1.165) is 11.1 Å². The van der Waals surface area contributed by atoms with E-state index in [9.17, 15) is 14.4 Å². The van der Waals surface area contributed by atoms with Crippen LogP contribution in [0.15, 0.2) is 48.5 Å². The first-order valence-corrected chi connectivity index (χ1v) is 11.7. The number of carbonyl (C=O) groups is 3. The molecule has 3 aliphatic rings. The van der Waals surface area contributed by atoms with Crippen LogP contribution in [-0.4, -0.2) is 55.5 Å². The fraction of sp³-hybridized carbons (Fsp3) is 0.423. The molecule has 1 saturated carbocycles. The Bertz CT molecular complexity index is 1060. The number of carboxylic acids is 1. The van der Waals surface area contributed by atoms with Gasteiger partial charge < -0.3 is 25.2 Å². The van der Waals surface area contributed by atoms with Gasteiger partial charge in [0.25, 0.3) is 0 Å². The van der Waals surface area contributed by atoms with Gasteiger partial charge in [-0.15, -0.1) is 0 Å². The zero-order chi connectivity index (χ0) is 23.7. The summed E-state index contributed by atoms with van der Waals surface area (Å²) in [5, 5.41) is 14.5. The molecule has 178 valence electrons. The molecule has 4 atom stereocenters. The van der Waals surface area contributed by atoms with Crippen molar-refractivity contribution in [3.8, 4) is 11.1 Å². The van der Waals surface area contributed by atoms with Crippen LogP contribution in [0.25, 0.3) is 11.1 Å². The Kier molecular flexibility index (Phi) is 6.24. The minimum Gasteiger partial charge on any atom is -0.481 e. The number of nitrogens with one attached hydrogen (secondary N) is 2. The Labute approximate surface area is 197 Å². The van der Waals surface area contributed by atoms with E-state index in [4.69, 9.17) is 14.6 Å². The lowest BCUT2D eigenvalue weighted by molar-refractivity contribution is -0.139. The Balaban J connectivity index is 1.05. The van der Waals surface area contributed by atoms with Crippen molar-refractivity contribution in [2.24, 2.45) is 17.8 Å². The average molecular weight is 465 g/mol. The van der Waals surface area contributed by atoms with Crippen LogP contribution in [0, 0.1) is 17.8 Å². The molecular formula is C26H28N2O6. The van der Waals surface area contributed by atoms with E-state index in [0.29, 0.717) is 19.4 Å². The molecule has 1 saturated heterocycles.